The van der Waals surface area contributed by atoms with Crippen molar-refractivity contribution in [3.8, 4) is 0 Å². The van der Waals surface area contributed by atoms with Crippen molar-refractivity contribution in [3.05, 3.63) is 35.0 Å². The van der Waals surface area contributed by atoms with Crippen LogP contribution in [-0.4, -0.2) is 59.1 Å². The van der Waals surface area contributed by atoms with Crippen LogP contribution in [0.2, 0.25) is 0 Å². The van der Waals surface area contributed by atoms with Gasteiger partial charge in [-0.2, -0.15) is 5.10 Å². The predicted octanol–water partition coefficient (Wildman–Crippen LogP) is 1.83. The molecule has 1 unspecified atom stereocenters. The molecule has 0 aliphatic carbocycles. The maximum atomic E-state index is 5.90. The van der Waals surface area contributed by atoms with E-state index in [9.17, 15) is 0 Å². The maximum Gasteiger partial charge on any atom is 0.193 e. The largest absolute Gasteiger partial charge is 0.370 e. The van der Waals surface area contributed by atoms with Gasteiger partial charge in [-0.05, 0) is 20.3 Å². The second-order valence-corrected chi connectivity index (χ2v) is 6.28. The predicted molar refractivity (Wildman–Crippen MR) is 110 cm³/mol. The highest BCUT2D eigenvalue weighted by Crippen LogP contribution is 2.21. The fraction of sp³-hybridized carbons (Fsp3) is 0.588. The lowest BCUT2D eigenvalue weighted by molar-refractivity contribution is -0.00800. The molecule has 3 rings (SSSR count). The highest BCUT2D eigenvalue weighted by Gasteiger charge is 2.25. The molecule has 0 aromatic carbocycles. The van der Waals surface area contributed by atoms with Crippen molar-refractivity contribution in [1.29, 1.82) is 0 Å². The fourth-order valence-electron chi connectivity index (χ4n) is 3.14. The number of ether oxygens (including phenoxy) is 1. The molecule has 0 saturated carbocycles. The molecule has 0 spiro atoms. The summed E-state index contributed by atoms with van der Waals surface area (Å²) in [5.74, 6) is 1.78. The minimum Gasteiger partial charge on any atom is -0.370 e. The molecule has 1 saturated heterocycles. The molecule has 0 amide bonds. The summed E-state index contributed by atoms with van der Waals surface area (Å²) in [6.07, 6.45) is 4.74. The van der Waals surface area contributed by atoms with E-state index >= 15 is 0 Å². The smallest absolute Gasteiger partial charge is 0.193 e. The normalized spacial score (nSPS) is 17.9. The van der Waals surface area contributed by atoms with E-state index in [1.807, 2.05) is 40.3 Å². The second kappa shape index (κ2) is 9.36. The molecule has 0 bridgehead atoms. The van der Waals surface area contributed by atoms with Crippen LogP contribution in [0.1, 0.15) is 28.7 Å². The van der Waals surface area contributed by atoms with Crippen LogP contribution in [0.25, 0.3) is 0 Å². The quantitative estimate of drug-likeness (QED) is 0.414. The van der Waals surface area contributed by atoms with Gasteiger partial charge in [0.2, 0.25) is 0 Å². The third-order valence-corrected chi connectivity index (χ3v) is 4.51. The van der Waals surface area contributed by atoms with E-state index in [0.29, 0.717) is 6.61 Å². The maximum absolute atomic E-state index is 5.90. The average molecular weight is 474 g/mol. The standard InChI is InChI=1S/C17H26N6O2.HI/c1-12-15(13(2)25-21-12)5-6-19-17(18-3)23-7-8-24-16(11-23)14-9-20-22(4)10-14;/h9-10,16H,5-8,11H2,1-4H3,(H,18,19);1H. The molecule has 2 aromatic rings. The number of nitrogens with zero attached hydrogens (tertiary/aromatic N) is 5. The van der Waals surface area contributed by atoms with E-state index in [1.165, 1.54) is 0 Å². The summed E-state index contributed by atoms with van der Waals surface area (Å²) in [5, 5.41) is 11.7. The number of guanidine groups is 1. The summed E-state index contributed by atoms with van der Waals surface area (Å²) in [6, 6.07) is 0. The van der Waals surface area contributed by atoms with Crippen LogP contribution in [0.3, 0.4) is 0 Å². The van der Waals surface area contributed by atoms with Gasteiger partial charge in [0.05, 0.1) is 25.0 Å². The summed E-state index contributed by atoms with van der Waals surface area (Å²) in [4.78, 5) is 6.66. The van der Waals surface area contributed by atoms with Crippen LogP contribution >= 0.6 is 24.0 Å². The van der Waals surface area contributed by atoms with Crippen molar-refractivity contribution in [2.75, 3.05) is 33.3 Å². The number of rotatable bonds is 4. The Kier molecular flexibility index (Phi) is 7.44. The van der Waals surface area contributed by atoms with E-state index in [4.69, 9.17) is 9.26 Å². The zero-order valence-electron chi connectivity index (χ0n) is 15.7. The Labute approximate surface area is 171 Å². The van der Waals surface area contributed by atoms with Crippen molar-refractivity contribution in [2.24, 2.45) is 12.0 Å². The van der Waals surface area contributed by atoms with Crippen LogP contribution in [0.4, 0.5) is 0 Å². The Morgan fingerprint density at radius 2 is 2.23 bits per heavy atom. The Bertz CT molecular complexity index is 722. The number of nitrogens with one attached hydrogen (secondary N) is 1. The van der Waals surface area contributed by atoms with Gasteiger partial charge in [0.25, 0.3) is 0 Å². The number of aromatic nitrogens is 3. The Balaban J connectivity index is 0.00000243. The first kappa shape index (κ1) is 20.7. The molecule has 3 heterocycles. The summed E-state index contributed by atoms with van der Waals surface area (Å²) >= 11 is 0. The topological polar surface area (TPSA) is 80.7 Å². The summed E-state index contributed by atoms with van der Waals surface area (Å²) in [5.41, 5.74) is 3.22. The van der Waals surface area contributed by atoms with E-state index in [2.05, 4.69) is 25.5 Å². The van der Waals surface area contributed by atoms with Crippen LogP contribution in [0.15, 0.2) is 21.9 Å². The first-order valence-corrected chi connectivity index (χ1v) is 8.56. The first-order valence-electron chi connectivity index (χ1n) is 8.56. The van der Waals surface area contributed by atoms with Gasteiger partial charge < -0.3 is 19.5 Å². The number of hydrogen-bond acceptors (Lipinski definition) is 5. The Morgan fingerprint density at radius 1 is 1.42 bits per heavy atom. The summed E-state index contributed by atoms with van der Waals surface area (Å²) < 4.78 is 12.9. The Hall–Kier alpha value is -1.62. The third kappa shape index (κ3) is 4.76. The van der Waals surface area contributed by atoms with Gasteiger partial charge in [-0.1, -0.05) is 5.16 Å². The molecule has 1 atom stereocenters. The Morgan fingerprint density at radius 3 is 2.85 bits per heavy atom. The lowest BCUT2D eigenvalue weighted by Gasteiger charge is -2.34. The highest BCUT2D eigenvalue weighted by molar-refractivity contribution is 14.0. The molecule has 1 aliphatic rings. The van der Waals surface area contributed by atoms with E-state index in [1.54, 1.807) is 4.68 Å². The molecule has 1 fully saturated rings. The van der Waals surface area contributed by atoms with Gasteiger partial charge in [0.1, 0.15) is 11.9 Å². The minimum atomic E-state index is 0. The van der Waals surface area contributed by atoms with Gasteiger partial charge in [-0.25, -0.2) is 0 Å². The van der Waals surface area contributed by atoms with Crippen molar-refractivity contribution in [3.63, 3.8) is 0 Å². The summed E-state index contributed by atoms with van der Waals surface area (Å²) in [6.45, 7) is 6.96. The number of hydrogen-bond donors (Lipinski definition) is 1. The van der Waals surface area contributed by atoms with Crippen molar-refractivity contribution in [1.82, 2.24) is 25.2 Å². The molecule has 26 heavy (non-hydrogen) atoms. The number of aliphatic imine (C=N–C) groups is 1. The monoisotopic (exact) mass is 474 g/mol. The molecule has 0 radical (unpaired) electrons. The molecule has 144 valence electrons. The van der Waals surface area contributed by atoms with Gasteiger partial charge in [0.15, 0.2) is 5.96 Å². The molecular weight excluding hydrogens is 447 g/mol. The molecule has 2 aromatic heterocycles. The second-order valence-electron chi connectivity index (χ2n) is 6.28. The molecular formula is C17H27IN6O2. The van der Waals surface area contributed by atoms with Crippen molar-refractivity contribution in [2.45, 2.75) is 26.4 Å². The number of morpholine rings is 1. The van der Waals surface area contributed by atoms with E-state index in [-0.39, 0.29) is 30.1 Å². The molecule has 9 heteroatoms. The zero-order valence-corrected chi connectivity index (χ0v) is 18.1. The van der Waals surface area contributed by atoms with Crippen molar-refractivity contribution < 1.29 is 9.26 Å². The van der Waals surface area contributed by atoms with Crippen LogP contribution in [-0.2, 0) is 18.2 Å². The molecule has 1 aliphatic heterocycles. The lowest BCUT2D eigenvalue weighted by Crippen LogP contribution is -2.48. The van der Waals surface area contributed by atoms with E-state index in [0.717, 1.165) is 54.6 Å². The lowest BCUT2D eigenvalue weighted by atomic mass is 10.1. The van der Waals surface area contributed by atoms with Gasteiger partial charge in [-0.15, -0.1) is 24.0 Å². The van der Waals surface area contributed by atoms with Crippen LogP contribution in [0, 0.1) is 13.8 Å². The van der Waals surface area contributed by atoms with Gasteiger partial charge in [-0.3, -0.25) is 9.67 Å². The SMILES string of the molecule is CN=C(NCCc1c(C)noc1C)N1CCOC(c2cnn(C)c2)C1.I. The zero-order chi connectivity index (χ0) is 17.8. The van der Waals surface area contributed by atoms with Crippen LogP contribution < -0.4 is 5.32 Å². The first-order chi connectivity index (χ1) is 12.1. The molecule has 8 nitrogen and oxygen atoms in total. The van der Waals surface area contributed by atoms with E-state index < -0.39 is 0 Å². The minimum absolute atomic E-state index is 0. The third-order valence-electron chi connectivity index (χ3n) is 4.51. The molecule has 1 N–H and O–H groups in total. The van der Waals surface area contributed by atoms with Crippen LogP contribution in [0.5, 0.6) is 0 Å². The number of aryl methyl sites for hydroxylation is 3. The van der Waals surface area contributed by atoms with Crippen molar-refractivity contribution >= 4 is 29.9 Å². The average Bonchev–Trinajstić information content (AvgIpc) is 3.19. The summed E-state index contributed by atoms with van der Waals surface area (Å²) in [7, 11) is 3.73. The fourth-order valence-corrected chi connectivity index (χ4v) is 3.14. The van der Waals surface area contributed by atoms with Gasteiger partial charge in [0, 0.05) is 44.5 Å². The number of halogens is 1. The highest BCUT2D eigenvalue weighted by atomic mass is 127. The van der Waals surface area contributed by atoms with Gasteiger partial charge >= 0.3 is 0 Å².